The summed E-state index contributed by atoms with van der Waals surface area (Å²) < 4.78 is 11.5. The third-order valence-electron chi connectivity index (χ3n) is 6.94. The number of morpholine rings is 1. The normalized spacial score (nSPS) is 30.2. The SMILES string of the molecule is COc1ccccc1C(CNC1CCCC1C1COCCN1)N1CCCCC1. The van der Waals surface area contributed by atoms with Crippen LogP contribution in [0.4, 0.5) is 0 Å². The molecule has 0 aromatic heterocycles. The van der Waals surface area contributed by atoms with Crippen LogP contribution < -0.4 is 15.4 Å². The number of benzene rings is 1. The predicted octanol–water partition coefficient (Wildman–Crippen LogP) is 2.97. The van der Waals surface area contributed by atoms with Gasteiger partial charge in [0.25, 0.3) is 0 Å². The maximum Gasteiger partial charge on any atom is 0.123 e. The van der Waals surface area contributed by atoms with Crippen molar-refractivity contribution >= 4 is 0 Å². The van der Waals surface area contributed by atoms with E-state index in [-0.39, 0.29) is 0 Å². The van der Waals surface area contributed by atoms with Crippen molar-refractivity contribution in [3.05, 3.63) is 29.8 Å². The highest BCUT2D eigenvalue weighted by Crippen LogP contribution is 2.33. The second-order valence-corrected chi connectivity index (χ2v) is 8.60. The summed E-state index contributed by atoms with van der Waals surface area (Å²) in [4.78, 5) is 2.67. The predicted molar refractivity (Wildman–Crippen MR) is 113 cm³/mol. The molecule has 2 N–H and O–H groups in total. The highest BCUT2D eigenvalue weighted by molar-refractivity contribution is 5.36. The zero-order chi connectivity index (χ0) is 19.2. The van der Waals surface area contributed by atoms with Crippen LogP contribution in [-0.2, 0) is 4.74 Å². The number of rotatable bonds is 7. The fraction of sp³-hybridized carbons (Fsp3) is 0.739. The Morgan fingerprint density at radius 2 is 2.04 bits per heavy atom. The van der Waals surface area contributed by atoms with Crippen molar-refractivity contribution in [3.8, 4) is 5.75 Å². The summed E-state index contributed by atoms with van der Waals surface area (Å²) >= 11 is 0. The lowest BCUT2D eigenvalue weighted by Gasteiger charge is -2.38. The Labute approximate surface area is 170 Å². The van der Waals surface area contributed by atoms with Gasteiger partial charge in [-0.2, -0.15) is 0 Å². The smallest absolute Gasteiger partial charge is 0.123 e. The second-order valence-electron chi connectivity index (χ2n) is 8.60. The van der Waals surface area contributed by atoms with Gasteiger partial charge in [-0.05, 0) is 50.8 Å². The van der Waals surface area contributed by atoms with Crippen molar-refractivity contribution < 1.29 is 9.47 Å². The molecule has 5 nitrogen and oxygen atoms in total. The number of methoxy groups -OCH3 is 1. The first kappa shape index (κ1) is 20.1. The van der Waals surface area contributed by atoms with E-state index in [0.29, 0.717) is 24.0 Å². The summed E-state index contributed by atoms with van der Waals surface area (Å²) in [7, 11) is 1.79. The Kier molecular flexibility index (Phi) is 7.24. The van der Waals surface area contributed by atoms with Gasteiger partial charge in [0, 0.05) is 30.7 Å². The molecule has 0 spiro atoms. The number of nitrogens with zero attached hydrogens (tertiary/aromatic N) is 1. The largest absolute Gasteiger partial charge is 0.496 e. The molecule has 4 rings (SSSR count). The van der Waals surface area contributed by atoms with Gasteiger partial charge in [0.2, 0.25) is 0 Å². The molecule has 4 unspecified atom stereocenters. The molecule has 2 saturated heterocycles. The topological polar surface area (TPSA) is 45.8 Å². The molecule has 1 aromatic rings. The van der Waals surface area contributed by atoms with E-state index in [9.17, 15) is 0 Å². The van der Waals surface area contributed by atoms with E-state index in [4.69, 9.17) is 9.47 Å². The van der Waals surface area contributed by atoms with Crippen molar-refractivity contribution in [1.29, 1.82) is 0 Å². The van der Waals surface area contributed by atoms with Gasteiger partial charge in [0.05, 0.1) is 26.4 Å². The maximum atomic E-state index is 5.75. The van der Waals surface area contributed by atoms with Gasteiger partial charge in [-0.25, -0.2) is 0 Å². The van der Waals surface area contributed by atoms with Crippen molar-refractivity contribution in [1.82, 2.24) is 15.5 Å². The Balaban J connectivity index is 1.46. The molecule has 0 amide bonds. The lowest BCUT2D eigenvalue weighted by Crippen LogP contribution is -2.52. The number of hydrogen-bond donors (Lipinski definition) is 2. The number of para-hydroxylation sites is 1. The molecule has 3 fully saturated rings. The van der Waals surface area contributed by atoms with Crippen LogP contribution in [0.3, 0.4) is 0 Å². The molecule has 0 bridgehead atoms. The molecule has 156 valence electrons. The number of piperidine rings is 1. The van der Waals surface area contributed by atoms with Crippen LogP contribution in [0.25, 0.3) is 0 Å². The molecule has 0 radical (unpaired) electrons. The summed E-state index contributed by atoms with van der Waals surface area (Å²) in [5, 5.41) is 7.68. The van der Waals surface area contributed by atoms with Crippen LogP contribution in [0.2, 0.25) is 0 Å². The summed E-state index contributed by atoms with van der Waals surface area (Å²) in [5.74, 6) is 1.70. The molecule has 1 aliphatic carbocycles. The highest BCUT2D eigenvalue weighted by atomic mass is 16.5. The molecular weight excluding hydrogens is 350 g/mol. The molecule has 1 aromatic carbocycles. The number of hydrogen-bond acceptors (Lipinski definition) is 5. The lowest BCUT2D eigenvalue weighted by atomic mass is 9.93. The van der Waals surface area contributed by atoms with E-state index in [2.05, 4.69) is 39.8 Å². The summed E-state index contributed by atoms with van der Waals surface area (Å²) in [6.45, 7) is 6.09. The number of nitrogens with one attached hydrogen (secondary N) is 2. The molecular formula is C23H37N3O2. The first-order chi connectivity index (χ1) is 13.9. The monoisotopic (exact) mass is 387 g/mol. The van der Waals surface area contributed by atoms with Gasteiger partial charge < -0.3 is 20.1 Å². The maximum absolute atomic E-state index is 5.75. The summed E-state index contributed by atoms with van der Waals surface area (Å²) in [6, 6.07) is 10.1. The van der Waals surface area contributed by atoms with Crippen LogP contribution in [0.15, 0.2) is 24.3 Å². The minimum Gasteiger partial charge on any atom is -0.496 e. The first-order valence-electron chi connectivity index (χ1n) is 11.3. The second kappa shape index (κ2) is 10.1. The van der Waals surface area contributed by atoms with E-state index in [1.165, 1.54) is 57.2 Å². The highest BCUT2D eigenvalue weighted by Gasteiger charge is 2.35. The fourth-order valence-corrected chi connectivity index (χ4v) is 5.45. The van der Waals surface area contributed by atoms with Crippen molar-refractivity contribution in [2.24, 2.45) is 5.92 Å². The zero-order valence-corrected chi connectivity index (χ0v) is 17.4. The molecule has 5 heteroatoms. The van der Waals surface area contributed by atoms with Crippen LogP contribution in [0, 0.1) is 5.92 Å². The minimum atomic E-state index is 0.383. The standard InChI is InChI=1S/C23H37N3O2/c1-27-23-11-4-3-8-19(23)22(26-13-5-2-6-14-26)16-25-20-10-7-9-18(20)21-17-28-15-12-24-21/h3-4,8,11,18,20-22,24-25H,2,5-7,9-10,12-17H2,1H3. The van der Waals surface area contributed by atoms with E-state index < -0.39 is 0 Å². The number of likely N-dealkylation sites (tertiary alicyclic amines) is 1. The summed E-state index contributed by atoms with van der Waals surface area (Å²) in [5.41, 5.74) is 1.33. The van der Waals surface area contributed by atoms with E-state index in [1.807, 2.05) is 0 Å². The number of ether oxygens (including phenoxy) is 2. The fourth-order valence-electron chi connectivity index (χ4n) is 5.45. The first-order valence-corrected chi connectivity index (χ1v) is 11.3. The molecule has 1 saturated carbocycles. The third kappa shape index (κ3) is 4.70. The van der Waals surface area contributed by atoms with Gasteiger partial charge >= 0.3 is 0 Å². The van der Waals surface area contributed by atoms with E-state index in [0.717, 1.165) is 32.1 Å². The van der Waals surface area contributed by atoms with Gasteiger partial charge in [-0.1, -0.05) is 31.0 Å². The minimum absolute atomic E-state index is 0.383. The Morgan fingerprint density at radius 3 is 2.82 bits per heavy atom. The quantitative estimate of drug-likeness (QED) is 0.753. The average molecular weight is 388 g/mol. The molecule has 2 heterocycles. The van der Waals surface area contributed by atoms with Crippen molar-refractivity contribution in [2.75, 3.05) is 46.5 Å². The molecule has 28 heavy (non-hydrogen) atoms. The van der Waals surface area contributed by atoms with Crippen LogP contribution in [0.5, 0.6) is 5.75 Å². The van der Waals surface area contributed by atoms with E-state index >= 15 is 0 Å². The third-order valence-corrected chi connectivity index (χ3v) is 6.94. The van der Waals surface area contributed by atoms with E-state index in [1.54, 1.807) is 7.11 Å². The van der Waals surface area contributed by atoms with Gasteiger partial charge in [-0.15, -0.1) is 0 Å². The Hall–Kier alpha value is -1.14. The average Bonchev–Trinajstić information content (AvgIpc) is 3.24. The van der Waals surface area contributed by atoms with Gasteiger partial charge in [0.1, 0.15) is 5.75 Å². The van der Waals surface area contributed by atoms with Gasteiger partial charge in [0.15, 0.2) is 0 Å². The van der Waals surface area contributed by atoms with Crippen molar-refractivity contribution in [3.63, 3.8) is 0 Å². The molecule has 2 aliphatic heterocycles. The van der Waals surface area contributed by atoms with Crippen molar-refractivity contribution in [2.45, 2.75) is 56.7 Å². The van der Waals surface area contributed by atoms with Gasteiger partial charge in [-0.3, -0.25) is 4.90 Å². The van der Waals surface area contributed by atoms with Crippen LogP contribution >= 0.6 is 0 Å². The molecule has 4 atom stereocenters. The lowest BCUT2D eigenvalue weighted by molar-refractivity contribution is 0.0515. The summed E-state index contributed by atoms with van der Waals surface area (Å²) in [6.07, 6.45) is 7.88. The van der Waals surface area contributed by atoms with Crippen LogP contribution in [0.1, 0.15) is 50.1 Å². The Bertz CT molecular complexity index is 599. The Morgan fingerprint density at radius 1 is 1.18 bits per heavy atom. The molecule has 3 aliphatic rings. The zero-order valence-electron chi connectivity index (χ0n) is 17.4. The van der Waals surface area contributed by atoms with Crippen LogP contribution in [-0.4, -0.2) is 63.5 Å².